The Kier molecular flexibility index (Phi) is 5.83. The number of pyridine rings is 1. The number of ether oxygens (including phenoxy) is 1. The molecule has 0 unspecified atom stereocenters. The number of amides is 2. The van der Waals surface area contributed by atoms with Crippen molar-refractivity contribution in [3.63, 3.8) is 0 Å². The van der Waals surface area contributed by atoms with Gasteiger partial charge in [-0.15, -0.1) is 0 Å². The van der Waals surface area contributed by atoms with E-state index in [1.54, 1.807) is 6.07 Å². The molecule has 2 aliphatic carbocycles. The fourth-order valence-corrected chi connectivity index (χ4v) is 3.73. The van der Waals surface area contributed by atoms with Crippen LogP contribution in [0.15, 0.2) is 24.4 Å². The van der Waals surface area contributed by atoms with Crippen LogP contribution in [0.5, 0.6) is 0 Å². The summed E-state index contributed by atoms with van der Waals surface area (Å²) in [4.78, 5) is 27.9. The number of carbonyl (C=O) groups excluding carboxylic acids is 2. The highest BCUT2D eigenvalue weighted by Gasteiger charge is 2.40. The summed E-state index contributed by atoms with van der Waals surface area (Å²) >= 11 is 0. The molecule has 0 aromatic carbocycles. The van der Waals surface area contributed by atoms with Gasteiger partial charge >= 0.3 is 12.3 Å². The van der Waals surface area contributed by atoms with Gasteiger partial charge in [-0.3, -0.25) is 14.9 Å². The summed E-state index contributed by atoms with van der Waals surface area (Å²) in [6.45, 7) is 1.99. The zero-order valence-electron chi connectivity index (χ0n) is 17.5. The molecular weight excluding hydrogens is 427 g/mol. The molecule has 2 aliphatic rings. The molecule has 2 fully saturated rings. The summed E-state index contributed by atoms with van der Waals surface area (Å²) in [6, 6.07) is 3.79. The zero-order valence-corrected chi connectivity index (χ0v) is 17.5. The van der Waals surface area contributed by atoms with E-state index >= 15 is 0 Å². The van der Waals surface area contributed by atoms with Gasteiger partial charge in [0.25, 0.3) is 0 Å². The normalized spacial score (nSPS) is 21.8. The Hall–Kier alpha value is -3.11. The Balaban J connectivity index is 1.25. The number of halogens is 3. The SMILES string of the molecule is CC1(NC(=O)O[C@@H]2CC[C@H](c3cc(NC(=O)Cc4ccc(C(F)(F)F)cn4)n[nH]3)C2)CC1. The van der Waals surface area contributed by atoms with Crippen molar-refractivity contribution in [1.82, 2.24) is 20.5 Å². The van der Waals surface area contributed by atoms with Crippen LogP contribution < -0.4 is 10.6 Å². The molecule has 32 heavy (non-hydrogen) atoms. The molecule has 2 aromatic heterocycles. The summed E-state index contributed by atoms with van der Waals surface area (Å²) < 4.78 is 43.3. The Morgan fingerprint density at radius 1 is 1.28 bits per heavy atom. The maximum absolute atomic E-state index is 12.6. The number of nitrogens with one attached hydrogen (secondary N) is 3. The van der Waals surface area contributed by atoms with Crippen LogP contribution in [0, 0.1) is 0 Å². The first-order valence-electron chi connectivity index (χ1n) is 10.5. The number of aromatic nitrogens is 3. The number of carbonyl (C=O) groups is 2. The molecule has 2 saturated carbocycles. The average Bonchev–Trinajstić information content (AvgIpc) is 3.07. The van der Waals surface area contributed by atoms with Crippen molar-refractivity contribution < 1.29 is 27.5 Å². The van der Waals surface area contributed by atoms with Crippen LogP contribution in [0.2, 0.25) is 0 Å². The molecule has 4 rings (SSSR count). The van der Waals surface area contributed by atoms with E-state index in [1.807, 2.05) is 6.92 Å². The number of H-pyrrole nitrogens is 1. The molecular formula is C21H24F3N5O3. The van der Waals surface area contributed by atoms with Gasteiger partial charge in [0.15, 0.2) is 5.82 Å². The van der Waals surface area contributed by atoms with Crippen molar-refractivity contribution in [2.45, 2.75) is 69.2 Å². The summed E-state index contributed by atoms with van der Waals surface area (Å²) in [6.07, 6.45) is -0.334. The molecule has 2 aromatic rings. The highest BCUT2D eigenvalue weighted by atomic mass is 19.4. The summed E-state index contributed by atoms with van der Waals surface area (Å²) in [5, 5.41) is 12.5. The second kappa shape index (κ2) is 8.44. The van der Waals surface area contributed by atoms with Gasteiger partial charge < -0.3 is 15.4 Å². The fourth-order valence-electron chi connectivity index (χ4n) is 3.73. The number of hydrogen-bond acceptors (Lipinski definition) is 5. The third-order valence-electron chi connectivity index (χ3n) is 5.86. The summed E-state index contributed by atoms with van der Waals surface area (Å²) in [5.41, 5.74) is 0.0623. The average molecular weight is 451 g/mol. The molecule has 3 N–H and O–H groups in total. The number of rotatable bonds is 6. The van der Waals surface area contributed by atoms with E-state index < -0.39 is 17.6 Å². The highest BCUT2D eigenvalue weighted by Crippen LogP contribution is 2.37. The minimum Gasteiger partial charge on any atom is -0.446 e. The van der Waals surface area contributed by atoms with Crippen LogP contribution in [-0.2, 0) is 22.1 Å². The smallest absolute Gasteiger partial charge is 0.417 e. The van der Waals surface area contributed by atoms with Gasteiger partial charge in [-0.1, -0.05) is 0 Å². The molecule has 2 atom stereocenters. The van der Waals surface area contributed by atoms with Gasteiger partial charge in [0.1, 0.15) is 6.10 Å². The number of anilines is 1. The lowest BCUT2D eigenvalue weighted by atomic mass is 10.0. The van der Waals surface area contributed by atoms with Crippen LogP contribution in [-0.4, -0.2) is 38.8 Å². The van der Waals surface area contributed by atoms with Gasteiger partial charge in [-0.05, 0) is 51.2 Å². The lowest BCUT2D eigenvalue weighted by Crippen LogP contribution is -2.36. The monoisotopic (exact) mass is 451 g/mol. The largest absolute Gasteiger partial charge is 0.446 e. The second-order valence-corrected chi connectivity index (χ2v) is 8.69. The molecule has 2 heterocycles. The highest BCUT2D eigenvalue weighted by molar-refractivity contribution is 5.91. The van der Waals surface area contributed by atoms with Crippen molar-refractivity contribution in [2.24, 2.45) is 0 Å². The Morgan fingerprint density at radius 2 is 2.06 bits per heavy atom. The van der Waals surface area contributed by atoms with E-state index in [2.05, 4.69) is 25.8 Å². The molecule has 11 heteroatoms. The van der Waals surface area contributed by atoms with Crippen LogP contribution in [0.25, 0.3) is 0 Å². The van der Waals surface area contributed by atoms with E-state index in [0.29, 0.717) is 18.4 Å². The van der Waals surface area contributed by atoms with Crippen molar-refractivity contribution in [2.75, 3.05) is 5.32 Å². The number of hydrogen-bond donors (Lipinski definition) is 3. The Bertz CT molecular complexity index is 985. The minimum absolute atomic E-state index is 0.124. The second-order valence-electron chi connectivity index (χ2n) is 8.69. The van der Waals surface area contributed by atoms with Gasteiger partial charge in [-0.2, -0.15) is 18.3 Å². The van der Waals surface area contributed by atoms with Gasteiger partial charge in [0.05, 0.1) is 12.0 Å². The lowest BCUT2D eigenvalue weighted by Gasteiger charge is -2.16. The van der Waals surface area contributed by atoms with E-state index in [9.17, 15) is 22.8 Å². The van der Waals surface area contributed by atoms with Crippen LogP contribution in [0.1, 0.15) is 61.9 Å². The van der Waals surface area contributed by atoms with Crippen LogP contribution in [0.3, 0.4) is 0 Å². The number of nitrogens with zero attached hydrogens (tertiary/aromatic N) is 2. The Morgan fingerprint density at radius 3 is 2.72 bits per heavy atom. The Labute approximate surface area is 182 Å². The maximum Gasteiger partial charge on any atom is 0.417 e. The van der Waals surface area contributed by atoms with Gasteiger partial charge in [-0.25, -0.2) is 4.79 Å². The van der Waals surface area contributed by atoms with Crippen LogP contribution >= 0.6 is 0 Å². The van der Waals surface area contributed by atoms with Crippen molar-refractivity contribution in [3.8, 4) is 0 Å². The molecule has 0 bridgehead atoms. The lowest BCUT2D eigenvalue weighted by molar-refractivity contribution is -0.137. The molecule has 172 valence electrons. The van der Waals surface area contributed by atoms with Gasteiger partial charge in [0.2, 0.25) is 5.91 Å². The minimum atomic E-state index is -4.47. The zero-order chi connectivity index (χ0) is 22.9. The first kappa shape index (κ1) is 22.1. The van der Waals surface area contributed by atoms with E-state index in [1.165, 1.54) is 6.07 Å². The van der Waals surface area contributed by atoms with Crippen LogP contribution in [0.4, 0.5) is 23.8 Å². The number of alkyl halides is 3. The van der Waals surface area contributed by atoms with Gasteiger partial charge in [0, 0.05) is 35.1 Å². The first-order valence-corrected chi connectivity index (χ1v) is 10.5. The van der Waals surface area contributed by atoms with Crippen molar-refractivity contribution in [3.05, 3.63) is 41.3 Å². The quantitative estimate of drug-likeness (QED) is 0.617. The van der Waals surface area contributed by atoms with Crippen molar-refractivity contribution in [1.29, 1.82) is 0 Å². The predicted octanol–water partition coefficient (Wildman–Crippen LogP) is 3.92. The molecule has 0 spiro atoms. The molecule has 2 amide bonds. The maximum atomic E-state index is 12.6. The topological polar surface area (TPSA) is 109 Å². The van der Waals surface area contributed by atoms with E-state index in [4.69, 9.17) is 4.74 Å². The predicted molar refractivity (Wildman–Crippen MR) is 108 cm³/mol. The third kappa shape index (κ3) is 5.57. The van der Waals surface area contributed by atoms with E-state index in [-0.39, 0.29) is 35.8 Å². The third-order valence-corrected chi connectivity index (χ3v) is 5.86. The summed E-state index contributed by atoms with van der Waals surface area (Å²) in [5.74, 6) is 0.00732. The standard InChI is InChI=1S/C21H24F3N5O3/c1-20(6-7-20)27-19(31)32-15-5-2-12(8-15)16-10-17(29-28-16)26-18(30)9-14-4-3-13(11-25-14)21(22,23)24/h3-4,10-12,15H,2,5-9H2,1H3,(H,27,31)(H2,26,28,29,30)/t12-,15+/m0/s1. The summed E-state index contributed by atoms with van der Waals surface area (Å²) in [7, 11) is 0. The van der Waals surface area contributed by atoms with E-state index in [0.717, 1.165) is 37.4 Å². The number of alkyl carbamates (subject to hydrolysis) is 1. The molecule has 0 aliphatic heterocycles. The van der Waals surface area contributed by atoms with Crippen molar-refractivity contribution >= 4 is 17.8 Å². The fraction of sp³-hybridized carbons (Fsp3) is 0.524. The molecule has 0 saturated heterocycles. The molecule has 0 radical (unpaired) electrons. The first-order chi connectivity index (χ1) is 15.1. The molecule has 8 nitrogen and oxygen atoms in total. The number of aromatic amines is 1.